The zero-order valence-corrected chi connectivity index (χ0v) is 11.1. The van der Waals surface area contributed by atoms with Gasteiger partial charge in [0, 0.05) is 6.61 Å². The van der Waals surface area contributed by atoms with Gasteiger partial charge in [-0.05, 0) is 27.2 Å². The Hall–Kier alpha value is -1.14. The van der Waals surface area contributed by atoms with Crippen LogP contribution in [0.3, 0.4) is 0 Å². The highest BCUT2D eigenvalue weighted by Crippen LogP contribution is 2.27. The summed E-state index contributed by atoms with van der Waals surface area (Å²) >= 11 is 1.22. The standard InChI is InChI=1S/C11H17N3O2S/c1-6-8(17-10(12)13-6)9(15)14-11(3)4-5-16-7(11)2/h7H,4-5H2,1-3H3,(H2,12,13)(H,14,15). The van der Waals surface area contributed by atoms with E-state index >= 15 is 0 Å². The van der Waals surface area contributed by atoms with Crippen molar-refractivity contribution in [2.45, 2.75) is 38.8 Å². The number of ether oxygens (including phenoxy) is 1. The SMILES string of the molecule is Cc1nc(N)sc1C(=O)NC1(C)CCOC1C. The van der Waals surface area contributed by atoms with Crippen LogP contribution >= 0.6 is 11.3 Å². The van der Waals surface area contributed by atoms with E-state index in [1.165, 1.54) is 11.3 Å². The summed E-state index contributed by atoms with van der Waals surface area (Å²) in [5.41, 5.74) is 5.97. The van der Waals surface area contributed by atoms with Gasteiger partial charge in [0.05, 0.1) is 17.3 Å². The van der Waals surface area contributed by atoms with Gasteiger partial charge < -0.3 is 15.8 Å². The lowest BCUT2D eigenvalue weighted by atomic mass is 9.94. The molecule has 0 bridgehead atoms. The molecule has 1 aromatic rings. The number of hydrogen-bond acceptors (Lipinski definition) is 5. The van der Waals surface area contributed by atoms with Crippen LogP contribution in [0.2, 0.25) is 0 Å². The quantitative estimate of drug-likeness (QED) is 0.835. The average Bonchev–Trinajstić information content (AvgIpc) is 2.72. The van der Waals surface area contributed by atoms with Crippen molar-refractivity contribution in [1.82, 2.24) is 10.3 Å². The number of thiazole rings is 1. The van der Waals surface area contributed by atoms with E-state index in [1.54, 1.807) is 6.92 Å². The molecule has 1 aliphatic rings. The number of nitrogen functional groups attached to an aromatic ring is 1. The molecule has 0 spiro atoms. The van der Waals surface area contributed by atoms with Crippen molar-refractivity contribution in [2.75, 3.05) is 12.3 Å². The van der Waals surface area contributed by atoms with E-state index in [0.717, 1.165) is 6.42 Å². The summed E-state index contributed by atoms with van der Waals surface area (Å²) in [6.07, 6.45) is 0.852. The van der Waals surface area contributed by atoms with Gasteiger partial charge in [0.15, 0.2) is 5.13 Å². The molecule has 2 unspecified atom stereocenters. The summed E-state index contributed by atoms with van der Waals surface area (Å²) < 4.78 is 5.49. The summed E-state index contributed by atoms with van der Waals surface area (Å²) in [5, 5.41) is 3.45. The van der Waals surface area contributed by atoms with Gasteiger partial charge in [-0.25, -0.2) is 4.98 Å². The van der Waals surface area contributed by atoms with Gasteiger partial charge in [0.2, 0.25) is 0 Å². The maximum Gasteiger partial charge on any atom is 0.263 e. The summed E-state index contributed by atoms with van der Waals surface area (Å²) in [7, 11) is 0. The summed E-state index contributed by atoms with van der Waals surface area (Å²) in [6, 6.07) is 0. The predicted molar refractivity (Wildman–Crippen MR) is 67.2 cm³/mol. The Kier molecular flexibility index (Phi) is 3.09. The number of nitrogens with one attached hydrogen (secondary N) is 1. The molecule has 0 radical (unpaired) electrons. The molecule has 1 aromatic heterocycles. The van der Waals surface area contributed by atoms with Gasteiger partial charge in [0.25, 0.3) is 5.91 Å². The second-order valence-corrected chi connectivity index (χ2v) is 5.63. The van der Waals surface area contributed by atoms with Crippen LogP contribution in [0.25, 0.3) is 0 Å². The first-order chi connectivity index (χ1) is 7.92. The number of nitrogens with zero attached hydrogens (tertiary/aromatic N) is 1. The number of rotatable bonds is 2. The zero-order valence-electron chi connectivity index (χ0n) is 10.2. The number of hydrogen-bond donors (Lipinski definition) is 2. The summed E-state index contributed by atoms with van der Waals surface area (Å²) in [5.74, 6) is -0.114. The smallest absolute Gasteiger partial charge is 0.263 e. The molecule has 0 aromatic carbocycles. The highest BCUT2D eigenvalue weighted by Gasteiger charge is 2.38. The second-order valence-electron chi connectivity index (χ2n) is 4.60. The van der Waals surface area contributed by atoms with Crippen molar-refractivity contribution in [2.24, 2.45) is 0 Å². The van der Waals surface area contributed by atoms with Crippen molar-refractivity contribution >= 4 is 22.4 Å². The van der Waals surface area contributed by atoms with Crippen LogP contribution in [-0.2, 0) is 4.74 Å². The highest BCUT2D eigenvalue weighted by atomic mass is 32.1. The number of anilines is 1. The minimum absolute atomic E-state index is 0.0250. The average molecular weight is 255 g/mol. The topological polar surface area (TPSA) is 77.2 Å². The van der Waals surface area contributed by atoms with E-state index < -0.39 is 0 Å². The molecule has 1 saturated heterocycles. The Balaban J connectivity index is 2.14. The third kappa shape index (κ3) is 2.28. The third-order valence-corrected chi connectivity index (χ3v) is 4.29. The molecule has 94 valence electrons. The van der Waals surface area contributed by atoms with Crippen LogP contribution in [0.4, 0.5) is 5.13 Å². The Labute approximate surface area is 104 Å². The van der Waals surface area contributed by atoms with E-state index in [9.17, 15) is 4.79 Å². The van der Waals surface area contributed by atoms with E-state index in [0.29, 0.717) is 22.3 Å². The summed E-state index contributed by atoms with van der Waals surface area (Å²) in [6.45, 7) is 6.45. The molecule has 6 heteroatoms. The second kappa shape index (κ2) is 4.27. The lowest BCUT2D eigenvalue weighted by molar-refractivity contribution is 0.0729. The molecular weight excluding hydrogens is 238 g/mol. The van der Waals surface area contributed by atoms with E-state index in [-0.39, 0.29) is 17.6 Å². The number of carbonyl (C=O) groups is 1. The zero-order chi connectivity index (χ0) is 12.6. The predicted octanol–water partition coefficient (Wildman–Crippen LogP) is 1.33. The first-order valence-corrected chi connectivity index (χ1v) is 6.41. The maximum atomic E-state index is 12.1. The fourth-order valence-electron chi connectivity index (χ4n) is 1.94. The Morgan fingerprint density at radius 3 is 2.88 bits per heavy atom. The minimum Gasteiger partial charge on any atom is -0.376 e. The Morgan fingerprint density at radius 1 is 1.71 bits per heavy atom. The number of aromatic nitrogens is 1. The van der Waals surface area contributed by atoms with Crippen LogP contribution in [0, 0.1) is 6.92 Å². The molecule has 1 fully saturated rings. The van der Waals surface area contributed by atoms with Gasteiger partial charge in [0.1, 0.15) is 4.88 Å². The third-order valence-electron chi connectivity index (χ3n) is 3.30. The minimum atomic E-state index is -0.303. The van der Waals surface area contributed by atoms with Crippen molar-refractivity contribution in [3.05, 3.63) is 10.6 Å². The molecule has 3 N–H and O–H groups in total. The van der Waals surface area contributed by atoms with Crippen molar-refractivity contribution < 1.29 is 9.53 Å². The van der Waals surface area contributed by atoms with Crippen molar-refractivity contribution in [1.29, 1.82) is 0 Å². The maximum absolute atomic E-state index is 12.1. The molecule has 17 heavy (non-hydrogen) atoms. The lowest BCUT2D eigenvalue weighted by Crippen LogP contribution is -2.50. The monoisotopic (exact) mass is 255 g/mol. The molecule has 1 aliphatic heterocycles. The van der Waals surface area contributed by atoms with Gasteiger partial charge in [-0.15, -0.1) is 0 Å². The van der Waals surface area contributed by atoms with Gasteiger partial charge >= 0.3 is 0 Å². The Bertz CT molecular complexity index is 446. The molecule has 0 saturated carbocycles. The summed E-state index contributed by atoms with van der Waals surface area (Å²) in [4.78, 5) is 16.8. The van der Waals surface area contributed by atoms with Crippen molar-refractivity contribution in [3.63, 3.8) is 0 Å². The van der Waals surface area contributed by atoms with E-state index in [4.69, 9.17) is 10.5 Å². The number of amides is 1. The van der Waals surface area contributed by atoms with Crippen LogP contribution in [-0.4, -0.2) is 29.1 Å². The molecule has 2 rings (SSSR count). The molecule has 2 heterocycles. The first-order valence-electron chi connectivity index (χ1n) is 5.59. The molecule has 1 amide bonds. The van der Waals surface area contributed by atoms with E-state index in [1.807, 2.05) is 13.8 Å². The largest absolute Gasteiger partial charge is 0.376 e. The lowest BCUT2D eigenvalue weighted by Gasteiger charge is -2.28. The number of nitrogens with two attached hydrogens (primary N) is 1. The highest BCUT2D eigenvalue weighted by molar-refractivity contribution is 7.17. The molecule has 5 nitrogen and oxygen atoms in total. The van der Waals surface area contributed by atoms with Gasteiger partial charge in [-0.1, -0.05) is 11.3 Å². The van der Waals surface area contributed by atoms with Crippen LogP contribution in [0.5, 0.6) is 0 Å². The van der Waals surface area contributed by atoms with Gasteiger partial charge in [-0.2, -0.15) is 0 Å². The van der Waals surface area contributed by atoms with Crippen LogP contribution in [0.1, 0.15) is 35.6 Å². The van der Waals surface area contributed by atoms with Crippen molar-refractivity contribution in [3.8, 4) is 0 Å². The normalized spacial score (nSPS) is 28.3. The first kappa shape index (κ1) is 12.3. The van der Waals surface area contributed by atoms with Crippen LogP contribution < -0.4 is 11.1 Å². The Morgan fingerprint density at radius 2 is 2.41 bits per heavy atom. The molecule has 0 aliphatic carbocycles. The molecule has 2 atom stereocenters. The van der Waals surface area contributed by atoms with Gasteiger partial charge in [-0.3, -0.25) is 4.79 Å². The fraction of sp³-hybridized carbons (Fsp3) is 0.636. The number of carbonyl (C=O) groups excluding carboxylic acids is 1. The fourth-order valence-corrected chi connectivity index (χ4v) is 2.67. The number of aryl methyl sites for hydroxylation is 1. The van der Waals surface area contributed by atoms with E-state index in [2.05, 4.69) is 10.3 Å². The van der Waals surface area contributed by atoms with Crippen LogP contribution in [0.15, 0.2) is 0 Å². The molecular formula is C11H17N3O2S.